The van der Waals surface area contributed by atoms with E-state index in [2.05, 4.69) is 9.88 Å². The summed E-state index contributed by atoms with van der Waals surface area (Å²) in [6, 6.07) is 9.28. The van der Waals surface area contributed by atoms with Crippen molar-refractivity contribution in [3.8, 4) is 5.75 Å². The lowest BCUT2D eigenvalue weighted by molar-refractivity contribution is -0.137. The molecule has 0 aliphatic carbocycles. The molecule has 1 N–H and O–H groups in total. The van der Waals surface area contributed by atoms with Crippen LogP contribution in [0.5, 0.6) is 5.75 Å². The number of likely N-dealkylation sites (tertiary alicyclic amines) is 1. The second kappa shape index (κ2) is 13.1. The molecule has 0 spiro atoms. The molecule has 36 heavy (non-hydrogen) atoms. The van der Waals surface area contributed by atoms with Crippen LogP contribution in [0.15, 0.2) is 58.4 Å². The highest BCUT2D eigenvalue weighted by Crippen LogP contribution is 2.36. The number of ether oxygens (including phenoxy) is 1. The molecule has 0 bridgehead atoms. The standard InChI is InChI=1S/C28H35FN2O4S/c1-34-22-5-7-27-25(17-22)24(9-12-30-27)26(29)6-3-20-10-14-31(18-21(20)4-8-28(32)33)13-2-16-36-23-11-15-35-19-23/h5,7,9,11-12,15,17,19-21,26H,2-4,6,8,10,13-14,16,18H2,1H3,(H,32,33)/t20-,21-,26-/m1/s1. The highest BCUT2D eigenvalue weighted by molar-refractivity contribution is 7.99. The fourth-order valence-corrected chi connectivity index (χ4v) is 6.03. The predicted molar refractivity (Wildman–Crippen MR) is 140 cm³/mol. The van der Waals surface area contributed by atoms with Gasteiger partial charge in [-0.05, 0) is 98.7 Å². The van der Waals surface area contributed by atoms with Gasteiger partial charge in [0, 0.05) is 29.4 Å². The molecule has 1 aliphatic rings. The molecule has 6 nitrogen and oxygen atoms in total. The van der Waals surface area contributed by atoms with Crippen LogP contribution < -0.4 is 4.74 Å². The van der Waals surface area contributed by atoms with Crippen molar-refractivity contribution in [2.45, 2.75) is 49.6 Å². The second-order valence-corrected chi connectivity index (χ2v) is 10.7. The van der Waals surface area contributed by atoms with E-state index < -0.39 is 12.1 Å². The summed E-state index contributed by atoms with van der Waals surface area (Å²) in [5.41, 5.74) is 1.41. The topological polar surface area (TPSA) is 75.8 Å². The molecule has 2 aromatic heterocycles. The van der Waals surface area contributed by atoms with Gasteiger partial charge in [-0.1, -0.05) is 0 Å². The Bertz CT molecular complexity index is 1110. The zero-order valence-corrected chi connectivity index (χ0v) is 21.6. The van der Waals surface area contributed by atoms with Crippen molar-refractivity contribution < 1.29 is 23.4 Å². The molecule has 3 atom stereocenters. The lowest BCUT2D eigenvalue weighted by atomic mass is 9.79. The Kier molecular flexibility index (Phi) is 9.64. The van der Waals surface area contributed by atoms with E-state index in [1.165, 1.54) is 0 Å². The van der Waals surface area contributed by atoms with Gasteiger partial charge >= 0.3 is 5.97 Å². The number of benzene rings is 1. The Balaban J connectivity index is 1.33. The number of halogens is 1. The van der Waals surface area contributed by atoms with Gasteiger partial charge in [0.2, 0.25) is 0 Å². The summed E-state index contributed by atoms with van der Waals surface area (Å²) in [6.07, 6.45) is 8.06. The Hall–Kier alpha value is -2.58. The number of hydrogen-bond acceptors (Lipinski definition) is 6. The van der Waals surface area contributed by atoms with Crippen molar-refractivity contribution in [1.82, 2.24) is 9.88 Å². The first-order chi connectivity index (χ1) is 17.5. The van der Waals surface area contributed by atoms with Gasteiger partial charge in [-0.2, -0.15) is 0 Å². The number of hydrogen-bond donors (Lipinski definition) is 1. The number of aliphatic carboxylic acids is 1. The molecule has 1 saturated heterocycles. The molecular weight excluding hydrogens is 479 g/mol. The van der Waals surface area contributed by atoms with E-state index in [0.717, 1.165) is 60.4 Å². The quantitative estimate of drug-likeness (QED) is 0.203. The van der Waals surface area contributed by atoms with Gasteiger partial charge in [0.15, 0.2) is 0 Å². The first-order valence-corrected chi connectivity index (χ1v) is 13.7. The van der Waals surface area contributed by atoms with Crippen molar-refractivity contribution in [1.29, 1.82) is 0 Å². The second-order valence-electron chi connectivity index (χ2n) is 9.53. The minimum absolute atomic E-state index is 0.166. The van der Waals surface area contributed by atoms with E-state index >= 15 is 4.39 Å². The number of alkyl halides is 1. The molecular formula is C28H35FN2O4S. The highest BCUT2D eigenvalue weighted by atomic mass is 32.2. The Labute approximate surface area is 216 Å². The summed E-state index contributed by atoms with van der Waals surface area (Å²) < 4.78 is 26.0. The number of rotatable bonds is 13. The number of aromatic nitrogens is 1. The fourth-order valence-electron chi connectivity index (χ4n) is 5.25. The molecule has 1 aromatic carbocycles. The van der Waals surface area contributed by atoms with E-state index in [4.69, 9.17) is 9.15 Å². The number of fused-ring (bicyclic) bond motifs is 1. The predicted octanol–water partition coefficient (Wildman–Crippen LogP) is 6.61. The number of piperidine rings is 1. The van der Waals surface area contributed by atoms with Crippen molar-refractivity contribution >= 4 is 28.6 Å². The first kappa shape index (κ1) is 26.5. The summed E-state index contributed by atoms with van der Waals surface area (Å²) in [6.45, 7) is 2.87. The maximum Gasteiger partial charge on any atom is 0.303 e. The average Bonchev–Trinajstić information content (AvgIpc) is 3.42. The van der Waals surface area contributed by atoms with Crippen LogP contribution in [-0.4, -0.2) is 53.5 Å². The lowest BCUT2D eigenvalue weighted by Gasteiger charge is -2.39. The number of nitrogens with zero attached hydrogens (tertiary/aromatic N) is 2. The SMILES string of the molecule is COc1ccc2nccc([C@H](F)CC[C@@H]3CCN(CCCSc4ccoc4)C[C@H]3CCC(=O)O)c2c1. The highest BCUT2D eigenvalue weighted by Gasteiger charge is 2.30. The van der Waals surface area contributed by atoms with Crippen molar-refractivity contribution in [2.24, 2.45) is 11.8 Å². The van der Waals surface area contributed by atoms with Crippen LogP contribution in [-0.2, 0) is 4.79 Å². The summed E-state index contributed by atoms with van der Waals surface area (Å²) in [7, 11) is 1.60. The van der Waals surface area contributed by atoms with E-state index in [0.29, 0.717) is 30.1 Å². The van der Waals surface area contributed by atoms with Crippen LogP contribution in [0.2, 0.25) is 0 Å². The van der Waals surface area contributed by atoms with Gasteiger partial charge in [-0.3, -0.25) is 9.78 Å². The van der Waals surface area contributed by atoms with Crippen LogP contribution in [0.3, 0.4) is 0 Å². The molecule has 194 valence electrons. The summed E-state index contributed by atoms with van der Waals surface area (Å²) in [5, 5.41) is 10.1. The zero-order valence-electron chi connectivity index (χ0n) is 20.8. The van der Waals surface area contributed by atoms with Gasteiger partial charge < -0.3 is 19.2 Å². The molecule has 0 radical (unpaired) electrons. The van der Waals surface area contributed by atoms with Crippen molar-refractivity contribution in [3.63, 3.8) is 0 Å². The first-order valence-electron chi connectivity index (χ1n) is 12.7. The number of methoxy groups -OCH3 is 1. The third-order valence-corrected chi connectivity index (χ3v) is 8.26. The number of carbonyl (C=O) groups is 1. The van der Waals surface area contributed by atoms with Crippen LogP contribution in [0, 0.1) is 11.8 Å². The van der Waals surface area contributed by atoms with Crippen LogP contribution in [0.1, 0.15) is 50.3 Å². The molecule has 0 saturated carbocycles. The summed E-state index contributed by atoms with van der Waals surface area (Å²) >= 11 is 1.79. The summed E-state index contributed by atoms with van der Waals surface area (Å²) in [4.78, 5) is 19.2. The van der Waals surface area contributed by atoms with Gasteiger partial charge in [0.25, 0.3) is 0 Å². The molecule has 3 heterocycles. The molecule has 1 aliphatic heterocycles. The Morgan fingerprint density at radius 2 is 2.19 bits per heavy atom. The van der Waals surface area contributed by atoms with E-state index in [1.807, 2.05) is 24.3 Å². The smallest absolute Gasteiger partial charge is 0.303 e. The number of carboxylic acids is 1. The van der Waals surface area contributed by atoms with Gasteiger partial charge in [0.1, 0.15) is 18.2 Å². The molecule has 8 heteroatoms. The van der Waals surface area contributed by atoms with Gasteiger partial charge in [0.05, 0.1) is 18.9 Å². The van der Waals surface area contributed by atoms with E-state index in [9.17, 15) is 9.90 Å². The Morgan fingerprint density at radius 1 is 1.31 bits per heavy atom. The van der Waals surface area contributed by atoms with Gasteiger partial charge in [-0.25, -0.2) is 4.39 Å². The minimum atomic E-state index is -1.10. The fraction of sp³-hybridized carbons (Fsp3) is 0.500. The molecule has 3 aromatic rings. The largest absolute Gasteiger partial charge is 0.497 e. The molecule has 4 rings (SSSR count). The van der Waals surface area contributed by atoms with Crippen molar-refractivity contribution in [2.75, 3.05) is 32.5 Å². The van der Waals surface area contributed by atoms with Crippen LogP contribution in [0.4, 0.5) is 4.39 Å². The zero-order chi connectivity index (χ0) is 25.3. The maximum absolute atomic E-state index is 15.5. The monoisotopic (exact) mass is 514 g/mol. The minimum Gasteiger partial charge on any atom is -0.497 e. The molecule has 0 unspecified atom stereocenters. The van der Waals surface area contributed by atoms with Crippen molar-refractivity contribution in [3.05, 3.63) is 54.6 Å². The number of pyridine rings is 1. The third kappa shape index (κ3) is 7.23. The van der Waals surface area contributed by atoms with Gasteiger partial charge in [-0.15, -0.1) is 11.8 Å². The third-order valence-electron chi connectivity index (χ3n) is 7.20. The number of thioether (sulfide) groups is 1. The molecule has 1 fully saturated rings. The summed E-state index contributed by atoms with van der Waals surface area (Å²) in [5.74, 6) is 1.56. The number of carboxylic acid groups (broad SMARTS) is 1. The normalized spacial score (nSPS) is 19.4. The van der Waals surface area contributed by atoms with Crippen LogP contribution in [0.25, 0.3) is 10.9 Å². The number of furan rings is 1. The van der Waals surface area contributed by atoms with E-state index in [1.54, 1.807) is 43.7 Å². The molecule has 0 amide bonds. The lowest BCUT2D eigenvalue weighted by Crippen LogP contribution is -2.41. The maximum atomic E-state index is 15.5. The van der Waals surface area contributed by atoms with Crippen LogP contribution >= 0.6 is 11.8 Å². The average molecular weight is 515 g/mol. The Morgan fingerprint density at radius 3 is 2.97 bits per heavy atom. The van der Waals surface area contributed by atoms with E-state index in [-0.39, 0.29) is 12.3 Å².